The van der Waals surface area contributed by atoms with Gasteiger partial charge in [0.25, 0.3) is 0 Å². The summed E-state index contributed by atoms with van der Waals surface area (Å²) in [5.41, 5.74) is 6.58. The second-order valence-electron chi connectivity index (χ2n) is 2.66. The Kier molecular flexibility index (Phi) is 1.48. The third kappa shape index (κ3) is 1.03. The van der Waals surface area contributed by atoms with Gasteiger partial charge in [-0.2, -0.15) is 0 Å². The molecule has 2 aromatic rings. The molecule has 0 aliphatic carbocycles. The van der Waals surface area contributed by atoms with E-state index in [1.54, 1.807) is 12.1 Å². The van der Waals surface area contributed by atoms with Crippen molar-refractivity contribution in [3.63, 3.8) is 0 Å². The standard InChI is InChI=1S/C9H7NO3/c10-8-5-3-4-13-7(5)2-1-6(8)9(11)12/h1-4H,10H2,(H,11,12). The second-order valence-corrected chi connectivity index (χ2v) is 2.66. The summed E-state index contributed by atoms with van der Waals surface area (Å²) in [4.78, 5) is 10.7. The monoisotopic (exact) mass is 177 g/mol. The van der Waals surface area contributed by atoms with E-state index in [1.165, 1.54) is 12.3 Å². The lowest BCUT2D eigenvalue weighted by Gasteiger charge is -1.99. The van der Waals surface area contributed by atoms with Crippen LogP contribution >= 0.6 is 0 Å². The number of furan rings is 1. The van der Waals surface area contributed by atoms with Gasteiger partial charge in [0, 0.05) is 5.39 Å². The zero-order valence-electron chi connectivity index (χ0n) is 6.65. The minimum Gasteiger partial charge on any atom is -0.478 e. The number of carbonyl (C=O) groups is 1. The highest BCUT2D eigenvalue weighted by molar-refractivity contribution is 6.03. The normalized spacial score (nSPS) is 10.5. The highest BCUT2D eigenvalue weighted by Crippen LogP contribution is 2.25. The predicted molar refractivity (Wildman–Crippen MR) is 47.6 cm³/mol. The van der Waals surface area contributed by atoms with Crippen LogP contribution < -0.4 is 5.73 Å². The fourth-order valence-corrected chi connectivity index (χ4v) is 1.25. The van der Waals surface area contributed by atoms with E-state index in [4.69, 9.17) is 15.3 Å². The zero-order valence-corrected chi connectivity index (χ0v) is 6.65. The Bertz CT molecular complexity index is 473. The molecular weight excluding hydrogens is 170 g/mol. The van der Waals surface area contributed by atoms with Crippen LogP contribution in [0.4, 0.5) is 5.69 Å². The lowest BCUT2D eigenvalue weighted by molar-refractivity contribution is 0.0698. The van der Waals surface area contributed by atoms with Crippen LogP contribution in [0.15, 0.2) is 28.9 Å². The molecule has 0 fully saturated rings. The van der Waals surface area contributed by atoms with E-state index >= 15 is 0 Å². The minimum atomic E-state index is -1.03. The third-order valence-corrected chi connectivity index (χ3v) is 1.91. The van der Waals surface area contributed by atoms with Gasteiger partial charge in [-0.3, -0.25) is 0 Å². The molecule has 4 heteroatoms. The van der Waals surface area contributed by atoms with Crippen molar-refractivity contribution in [3.05, 3.63) is 30.0 Å². The number of carboxylic acid groups (broad SMARTS) is 1. The van der Waals surface area contributed by atoms with Crippen LogP contribution in [0.5, 0.6) is 0 Å². The van der Waals surface area contributed by atoms with Crippen LogP contribution in [0.3, 0.4) is 0 Å². The molecule has 0 aliphatic heterocycles. The number of benzene rings is 1. The van der Waals surface area contributed by atoms with E-state index in [9.17, 15) is 4.79 Å². The number of hydrogen-bond acceptors (Lipinski definition) is 3. The summed E-state index contributed by atoms with van der Waals surface area (Å²) < 4.78 is 5.06. The van der Waals surface area contributed by atoms with Crippen LogP contribution in [0, 0.1) is 0 Å². The van der Waals surface area contributed by atoms with Crippen molar-refractivity contribution in [1.82, 2.24) is 0 Å². The fraction of sp³-hybridized carbons (Fsp3) is 0. The van der Waals surface area contributed by atoms with Gasteiger partial charge in [0.15, 0.2) is 0 Å². The van der Waals surface area contributed by atoms with E-state index in [-0.39, 0.29) is 11.3 Å². The van der Waals surface area contributed by atoms with Crippen molar-refractivity contribution >= 4 is 22.6 Å². The first-order valence-corrected chi connectivity index (χ1v) is 3.69. The van der Waals surface area contributed by atoms with Crippen LogP contribution in [-0.2, 0) is 0 Å². The van der Waals surface area contributed by atoms with Gasteiger partial charge < -0.3 is 15.3 Å². The first kappa shape index (κ1) is 7.67. The lowest BCUT2D eigenvalue weighted by atomic mass is 10.1. The predicted octanol–water partition coefficient (Wildman–Crippen LogP) is 1.71. The minimum absolute atomic E-state index is 0.105. The maximum Gasteiger partial charge on any atom is 0.337 e. The average Bonchev–Trinajstić information content (AvgIpc) is 2.52. The Balaban J connectivity index is 2.80. The van der Waals surface area contributed by atoms with E-state index in [1.807, 2.05) is 0 Å². The van der Waals surface area contributed by atoms with E-state index in [2.05, 4.69) is 0 Å². The van der Waals surface area contributed by atoms with Crippen molar-refractivity contribution in [1.29, 1.82) is 0 Å². The molecule has 4 nitrogen and oxygen atoms in total. The van der Waals surface area contributed by atoms with Crippen molar-refractivity contribution in [2.75, 3.05) is 5.73 Å². The summed E-state index contributed by atoms with van der Waals surface area (Å²) in [5, 5.41) is 9.39. The molecule has 0 saturated carbocycles. The van der Waals surface area contributed by atoms with Gasteiger partial charge in [-0.15, -0.1) is 0 Å². The van der Waals surface area contributed by atoms with Crippen LogP contribution in [0.2, 0.25) is 0 Å². The Hall–Kier alpha value is -1.97. The number of carboxylic acids is 1. The number of anilines is 1. The van der Waals surface area contributed by atoms with Crippen LogP contribution in [-0.4, -0.2) is 11.1 Å². The van der Waals surface area contributed by atoms with Crippen molar-refractivity contribution in [2.45, 2.75) is 0 Å². The molecule has 1 aromatic heterocycles. The summed E-state index contributed by atoms with van der Waals surface area (Å²) in [7, 11) is 0. The molecule has 1 aromatic carbocycles. The molecule has 0 amide bonds. The molecule has 0 radical (unpaired) electrons. The summed E-state index contributed by atoms with van der Waals surface area (Å²) in [6.45, 7) is 0. The van der Waals surface area contributed by atoms with Gasteiger partial charge in [-0.05, 0) is 18.2 Å². The zero-order chi connectivity index (χ0) is 9.42. The molecule has 13 heavy (non-hydrogen) atoms. The number of rotatable bonds is 1. The Morgan fingerprint density at radius 2 is 2.15 bits per heavy atom. The summed E-state index contributed by atoms with van der Waals surface area (Å²) in [6.07, 6.45) is 1.48. The van der Waals surface area contributed by atoms with Crippen molar-refractivity contribution < 1.29 is 14.3 Å². The van der Waals surface area contributed by atoms with E-state index < -0.39 is 5.97 Å². The Morgan fingerprint density at radius 1 is 1.38 bits per heavy atom. The van der Waals surface area contributed by atoms with Gasteiger partial charge in [0.1, 0.15) is 5.58 Å². The van der Waals surface area contributed by atoms with Gasteiger partial charge in [0.2, 0.25) is 0 Å². The summed E-state index contributed by atoms with van der Waals surface area (Å²) in [5.74, 6) is -1.03. The third-order valence-electron chi connectivity index (χ3n) is 1.91. The smallest absolute Gasteiger partial charge is 0.337 e. The molecule has 0 spiro atoms. The van der Waals surface area contributed by atoms with Gasteiger partial charge in [-0.25, -0.2) is 4.79 Å². The maximum atomic E-state index is 10.7. The largest absolute Gasteiger partial charge is 0.478 e. The van der Waals surface area contributed by atoms with Crippen LogP contribution in [0.25, 0.3) is 11.0 Å². The van der Waals surface area contributed by atoms with Crippen molar-refractivity contribution in [2.24, 2.45) is 0 Å². The molecule has 0 aliphatic rings. The van der Waals surface area contributed by atoms with E-state index in [0.717, 1.165) is 0 Å². The average molecular weight is 177 g/mol. The SMILES string of the molecule is Nc1c(C(=O)O)ccc2occc12. The maximum absolute atomic E-state index is 10.7. The van der Waals surface area contributed by atoms with Gasteiger partial charge in [-0.1, -0.05) is 0 Å². The molecule has 3 N–H and O–H groups in total. The molecule has 0 unspecified atom stereocenters. The molecular formula is C9H7NO3. The quantitative estimate of drug-likeness (QED) is 0.650. The first-order valence-electron chi connectivity index (χ1n) is 3.69. The topological polar surface area (TPSA) is 76.5 Å². The van der Waals surface area contributed by atoms with Crippen molar-refractivity contribution in [3.8, 4) is 0 Å². The highest BCUT2D eigenvalue weighted by atomic mass is 16.4. The number of fused-ring (bicyclic) bond motifs is 1. The molecule has 0 saturated heterocycles. The number of nitrogen functional groups attached to an aromatic ring is 1. The van der Waals surface area contributed by atoms with E-state index in [0.29, 0.717) is 11.0 Å². The van der Waals surface area contributed by atoms with Crippen LogP contribution in [0.1, 0.15) is 10.4 Å². The van der Waals surface area contributed by atoms with Gasteiger partial charge in [0.05, 0.1) is 17.5 Å². The highest BCUT2D eigenvalue weighted by Gasteiger charge is 2.11. The molecule has 1 heterocycles. The number of aromatic carboxylic acids is 1. The second kappa shape index (κ2) is 2.52. The Morgan fingerprint density at radius 3 is 2.85 bits per heavy atom. The summed E-state index contributed by atoms with van der Waals surface area (Å²) >= 11 is 0. The molecule has 66 valence electrons. The first-order chi connectivity index (χ1) is 6.20. The molecule has 0 atom stereocenters. The fourth-order valence-electron chi connectivity index (χ4n) is 1.25. The number of nitrogens with two attached hydrogens (primary N) is 1. The Labute approximate surface area is 73.6 Å². The van der Waals surface area contributed by atoms with Gasteiger partial charge >= 0.3 is 5.97 Å². The summed E-state index contributed by atoms with van der Waals surface area (Å²) in [6, 6.07) is 4.68. The molecule has 0 bridgehead atoms. The number of hydrogen-bond donors (Lipinski definition) is 2. The lowest BCUT2D eigenvalue weighted by Crippen LogP contribution is -2.01. The molecule has 2 rings (SSSR count).